The second kappa shape index (κ2) is 6.89. The van der Waals surface area contributed by atoms with Gasteiger partial charge in [0.1, 0.15) is 5.82 Å². The molecule has 2 amide bonds. The summed E-state index contributed by atoms with van der Waals surface area (Å²) in [4.78, 5) is 28.4. The molecule has 1 aliphatic rings. The van der Waals surface area contributed by atoms with Crippen molar-refractivity contribution in [3.05, 3.63) is 23.9 Å². The number of pyridine rings is 1. The normalized spacial score (nSPS) is 20.3. The summed E-state index contributed by atoms with van der Waals surface area (Å²) in [5, 5.41) is 5.77. The topological polar surface area (TPSA) is 80.3 Å². The Bertz CT molecular complexity index is 603. The number of nitrogens with zero attached hydrogens (tertiary/aromatic N) is 1. The van der Waals surface area contributed by atoms with E-state index >= 15 is 0 Å². The van der Waals surface area contributed by atoms with Crippen LogP contribution in [0.2, 0.25) is 0 Å². The molecule has 2 heterocycles. The van der Waals surface area contributed by atoms with Gasteiger partial charge in [-0.15, -0.1) is 0 Å². The van der Waals surface area contributed by atoms with Crippen LogP contribution in [0.15, 0.2) is 18.3 Å². The molecule has 1 aliphatic heterocycles. The zero-order valence-corrected chi connectivity index (χ0v) is 15.1. The van der Waals surface area contributed by atoms with E-state index in [1.807, 2.05) is 34.6 Å². The first-order chi connectivity index (χ1) is 11.1. The molecule has 6 heteroatoms. The minimum Gasteiger partial charge on any atom is -0.375 e. The molecule has 132 valence electrons. The summed E-state index contributed by atoms with van der Waals surface area (Å²) in [6.07, 6.45) is 3.08. The summed E-state index contributed by atoms with van der Waals surface area (Å²) in [6.45, 7) is 10.2. The van der Waals surface area contributed by atoms with Gasteiger partial charge in [0.25, 0.3) is 5.91 Å². The molecular formula is C18H27N3O3. The Morgan fingerprint density at radius 1 is 1.29 bits per heavy atom. The maximum Gasteiger partial charge on any atom is 0.253 e. The Morgan fingerprint density at radius 3 is 2.54 bits per heavy atom. The zero-order chi connectivity index (χ0) is 18.0. The van der Waals surface area contributed by atoms with Gasteiger partial charge >= 0.3 is 0 Å². The summed E-state index contributed by atoms with van der Waals surface area (Å²) in [5.74, 6) is 0.175. The van der Waals surface area contributed by atoms with Crippen molar-refractivity contribution < 1.29 is 14.3 Å². The number of nitrogens with one attached hydrogen (secondary N) is 2. The first-order valence-electron chi connectivity index (χ1n) is 8.29. The molecule has 24 heavy (non-hydrogen) atoms. The van der Waals surface area contributed by atoms with E-state index in [-0.39, 0.29) is 23.5 Å². The molecule has 0 aromatic carbocycles. The maximum absolute atomic E-state index is 12.3. The van der Waals surface area contributed by atoms with E-state index in [9.17, 15) is 9.59 Å². The lowest BCUT2D eigenvalue weighted by atomic mass is 9.94. The van der Waals surface area contributed by atoms with E-state index in [0.717, 1.165) is 12.8 Å². The standard InChI is InChI=1S/C18H27N3O3/c1-17(2,3)16(23)21-14-7-6-12(11-19-14)15(22)20-13-8-9-24-18(4,5)10-13/h6-7,11,13H,8-10H2,1-5H3,(H,20,22)(H,19,21,23). The van der Waals surface area contributed by atoms with E-state index in [1.165, 1.54) is 6.20 Å². The predicted molar refractivity (Wildman–Crippen MR) is 92.8 cm³/mol. The third kappa shape index (κ3) is 5.03. The fourth-order valence-electron chi connectivity index (χ4n) is 2.53. The van der Waals surface area contributed by atoms with E-state index in [0.29, 0.717) is 18.0 Å². The smallest absolute Gasteiger partial charge is 0.253 e. The molecule has 1 fully saturated rings. The second-order valence-electron chi connectivity index (χ2n) is 7.91. The highest BCUT2D eigenvalue weighted by molar-refractivity contribution is 5.96. The van der Waals surface area contributed by atoms with Gasteiger partial charge in [-0.1, -0.05) is 20.8 Å². The molecule has 2 rings (SSSR count). The van der Waals surface area contributed by atoms with Gasteiger partial charge in [0.05, 0.1) is 11.2 Å². The molecule has 1 saturated heterocycles. The minimum atomic E-state index is -0.492. The van der Waals surface area contributed by atoms with Crippen molar-refractivity contribution in [2.75, 3.05) is 11.9 Å². The summed E-state index contributed by atoms with van der Waals surface area (Å²) in [6, 6.07) is 3.42. The van der Waals surface area contributed by atoms with E-state index < -0.39 is 5.41 Å². The van der Waals surface area contributed by atoms with Crippen LogP contribution >= 0.6 is 0 Å². The van der Waals surface area contributed by atoms with Crippen molar-refractivity contribution in [1.29, 1.82) is 0 Å². The summed E-state index contributed by atoms with van der Waals surface area (Å²) in [5.41, 5.74) is -0.226. The van der Waals surface area contributed by atoms with Crippen LogP contribution in [-0.2, 0) is 9.53 Å². The van der Waals surface area contributed by atoms with Crippen LogP contribution < -0.4 is 10.6 Å². The number of ether oxygens (including phenoxy) is 1. The van der Waals surface area contributed by atoms with Gasteiger partial charge in [-0.2, -0.15) is 0 Å². The van der Waals surface area contributed by atoms with Crippen molar-refractivity contribution in [2.24, 2.45) is 5.41 Å². The molecule has 1 unspecified atom stereocenters. The van der Waals surface area contributed by atoms with Gasteiger partial charge in [0, 0.05) is 24.3 Å². The molecule has 0 aliphatic carbocycles. The molecule has 1 aromatic heterocycles. The number of amides is 2. The Kier molecular flexibility index (Phi) is 5.28. The number of carbonyl (C=O) groups excluding carboxylic acids is 2. The SMILES string of the molecule is CC1(C)CC(NC(=O)c2ccc(NC(=O)C(C)(C)C)nc2)CCO1. The fourth-order valence-corrected chi connectivity index (χ4v) is 2.53. The number of anilines is 1. The van der Waals surface area contributed by atoms with Crippen molar-refractivity contribution in [3.63, 3.8) is 0 Å². The average Bonchev–Trinajstić information content (AvgIpc) is 2.45. The highest BCUT2D eigenvalue weighted by Gasteiger charge is 2.29. The zero-order valence-electron chi connectivity index (χ0n) is 15.1. The van der Waals surface area contributed by atoms with Crippen LogP contribution in [0.5, 0.6) is 0 Å². The number of hydrogen-bond donors (Lipinski definition) is 2. The van der Waals surface area contributed by atoms with Gasteiger partial charge in [-0.3, -0.25) is 9.59 Å². The lowest BCUT2D eigenvalue weighted by Gasteiger charge is -2.35. The minimum absolute atomic E-state index is 0.0986. The lowest BCUT2D eigenvalue weighted by Crippen LogP contribution is -2.45. The van der Waals surface area contributed by atoms with Crippen molar-refractivity contribution in [3.8, 4) is 0 Å². The Labute approximate surface area is 143 Å². The summed E-state index contributed by atoms with van der Waals surface area (Å²) < 4.78 is 5.66. The van der Waals surface area contributed by atoms with E-state index in [1.54, 1.807) is 12.1 Å². The third-order valence-corrected chi connectivity index (χ3v) is 3.98. The van der Waals surface area contributed by atoms with Crippen LogP contribution in [0.25, 0.3) is 0 Å². The molecule has 0 saturated carbocycles. The molecule has 6 nitrogen and oxygen atoms in total. The van der Waals surface area contributed by atoms with Gasteiger partial charge < -0.3 is 15.4 Å². The van der Waals surface area contributed by atoms with Crippen LogP contribution in [-0.4, -0.2) is 35.0 Å². The van der Waals surface area contributed by atoms with Crippen molar-refractivity contribution in [2.45, 2.75) is 59.1 Å². The summed E-state index contributed by atoms with van der Waals surface area (Å²) in [7, 11) is 0. The molecular weight excluding hydrogens is 306 g/mol. The first kappa shape index (κ1) is 18.4. The lowest BCUT2D eigenvalue weighted by molar-refractivity contribution is -0.123. The molecule has 0 bridgehead atoms. The molecule has 2 N–H and O–H groups in total. The third-order valence-electron chi connectivity index (χ3n) is 3.98. The van der Waals surface area contributed by atoms with Crippen LogP contribution in [0, 0.1) is 5.41 Å². The molecule has 0 radical (unpaired) electrons. The van der Waals surface area contributed by atoms with E-state index in [2.05, 4.69) is 15.6 Å². The Morgan fingerprint density at radius 2 is 2.00 bits per heavy atom. The second-order valence-corrected chi connectivity index (χ2v) is 7.91. The van der Waals surface area contributed by atoms with Crippen LogP contribution in [0.4, 0.5) is 5.82 Å². The Hall–Kier alpha value is -1.95. The number of hydrogen-bond acceptors (Lipinski definition) is 4. The predicted octanol–water partition coefficient (Wildman–Crippen LogP) is 2.75. The number of aromatic nitrogens is 1. The van der Waals surface area contributed by atoms with Gasteiger partial charge in [0.15, 0.2) is 0 Å². The van der Waals surface area contributed by atoms with Crippen molar-refractivity contribution in [1.82, 2.24) is 10.3 Å². The summed E-state index contributed by atoms with van der Waals surface area (Å²) >= 11 is 0. The highest BCUT2D eigenvalue weighted by atomic mass is 16.5. The van der Waals surface area contributed by atoms with Crippen molar-refractivity contribution >= 4 is 17.6 Å². The first-order valence-corrected chi connectivity index (χ1v) is 8.29. The number of rotatable bonds is 3. The monoisotopic (exact) mass is 333 g/mol. The van der Waals surface area contributed by atoms with Gasteiger partial charge in [0.2, 0.25) is 5.91 Å². The van der Waals surface area contributed by atoms with Gasteiger partial charge in [-0.25, -0.2) is 4.98 Å². The van der Waals surface area contributed by atoms with Crippen LogP contribution in [0.1, 0.15) is 57.8 Å². The van der Waals surface area contributed by atoms with Gasteiger partial charge in [-0.05, 0) is 38.8 Å². The maximum atomic E-state index is 12.3. The average molecular weight is 333 g/mol. The Balaban J connectivity index is 1.95. The number of carbonyl (C=O) groups is 2. The molecule has 1 atom stereocenters. The quantitative estimate of drug-likeness (QED) is 0.891. The largest absolute Gasteiger partial charge is 0.375 e. The highest BCUT2D eigenvalue weighted by Crippen LogP contribution is 2.24. The molecule has 0 spiro atoms. The fraction of sp³-hybridized carbons (Fsp3) is 0.611. The van der Waals surface area contributed by atoms with E-state index in [4.69, 9.17) is 4.74 Å². The molecule has 1 aromatic rings. The van der Waals surface area contributed by atoms with Crippen LogP contribution in [0.3, 0.4) is 0 Å².